The van der Waals surface area contributed by atoms with E-state index in [9.17, 15) is 28.4 Å². The third kappa shape index (κ3) is 24.8. The first-order valence-corrected chi connectivity index (χ1v) is 46.2. The molecule has 4 amide bonds. The van der Waals surface area contributed by atoms with Crippen LogP contribution in [-0.2, 0) is 28.9 Å². The molecule has 35 nitrogen and oxygen atoms in total. The highest BCUT2D eigenvalue weighted by Crippen LogP contribution is 2.42. The van der Waals surface area contributed by atoms with E-state index in [1.807, 2.05) is 174 Å². The fourth-order valence-corrected chi connectivity index (χ4v) is 15.9. The minimum Gasteiger partial charge on any atom is -0.495 e. The van der Waals surface area contributed by atoms with E-state index in [0.29, 0.717) is 96.5 Å². The molecule has 17 aromatic rings. The van der Waals surface area contributed by atoms with Crippen molar-refractivity contribution in [1.29, 1.82) is 0 Å². The number of anilines is 16. The molecule has 0 spiro atoms. The molecule has 0 atom stereocenters. The van der Waals surface area contributed by atoms with Gasteiger partial charge in [-0.1, -0.05) is 143 Å². The van der Waals surface area contributed by atoms with Crippen molar-refractivity contribution in [3.05, 3.63) is 312 Å². The van der Waals surface area contributed by atoms with Crippen LogP contribution >= 0.6 is 46.4 Å². The molecule has 722 valence electrons. The summed E-state index contributed by atoms with van der Waals surface area (Å²) in [6, 6.07) is 59.2. The average molecular weight is 1990 g/mol. The summed E-state index contributed by atoms with van der Waals surface area (Å²) < 4.78 is 25.7. The maximum absolute atomic E-state index is 15.0. The highest BCUT2D eigenvalue weighted by molar-refractivity contribution is 6.34. The summed E-state index contributed by atoms with van der Waals surface area (Å²) in [6.45, 7) is 13.5. The summed E-state index contributed by atoms with van der Waals surface area (Å²) in [5.74, 6) is 4.07. The minimum atomic E-state index is -0.532. The van der Waals surface area contributed by atoms with Crippen molar-refractivity contribution < 1.29 is 37.8 Å². The molecule has 8 aromatic heterocycles. The fourth-order valence-electron chi connectivity index (χ4n) is 15.3. The standard InChI is InChI=1S/C26H26ClN7O4.C26H26ClN7O.C26H22ClN7O.C24H23ClFN7O/c1-5-38-25(36)18-12-30-34-22(18)32-23-19(27)13-29-26(33-23)31-20-10-14(2)17(11-21(20)37-4)15-6-8-16(9-7-15)24(35)28-3;2*1-15-13-23(34-33-15)31-24-21(27)14-29-26(32-24)30-22-12-11-18(19-5-3-4-6-20(19)22)16-7-9-17(10-8-16)25(35)28-2;1-13-8-21(20(26)10-18(13)17-6-4-16(5-7-17)11-27-15(3)34)29-24-28-12-19(25)23(31-24)30-22-9-14(2)32-33-22/h6-13H,5H2,1-4H3,(H,28,35)(H3,29,30,31,32,33,34);7-14H,3-6H2,1-2H3,(H,28,35)(H3,29,30,31,32,33,34);3-14H,1-2H3,(H,28,35)(H3,29,30,31,32,33,34);4-10,12H,11H2,1-3H3,(H,27,34)(H3,28,29,30,31,32,33). The van der Waals surface area contributed by atoms with Crippen molar-refractivity contribution >= 4 is 180 Å². The lowest BCUT2D eigenvalue weighted by Crippen LogP contribution is -2.18. The topological polar surface area (TPSA) is 466 Å². The summed E-state index contributed by atoms with van der Waals surface area (Å²) in [4.78, 5) is 94.0. The van der Waals surface area contributed by atoms with Gasteiger partial charge < -0.3 is 73.3 Å². The second-order valence-corrected chi connectivity index (χ2v) is 34.0. The zero-order valence-electron chi connectivity index (χ0n) is 78.6. The Balaban J connectivity index is 0.000000143. The third-order valence-electron chi connectivity index (χ3n) is 22.4. The molecule has 16 N–H and O–H groups in total. The molecule has 0 unspecified atom stereocenters. The van der Waals surface area contributed by atoms with Crippen molar-refractivity contribution in [3.8, 4) is 50.3 Å². The van der Waals surface area contributed by atoms with Gasteiger partial charge in [0.05, 0.1) is 56.1 Å². The van der Waals surface area contributed by atoms with Crippen molar-refractivity contribution in [1.82, 2.24) is 102 Å². The van der Waals surface area contributed by atoms with E-state index in [2.05, 4.69) is 163 Å². The molecule has 0 fully saturated rings. The van der Waals surface area contributed by atoms with Gasteiger partial charge in [-0.15, -0.1) is 0 Å². The van der Waals surface area contributed by atoms with Crippen LogP contribution in [0.2, 0.25) is 20.1 Å². The number of hydrogen-bond acceptors (Lipinski definition) is 27. The normalized spacial score (nSPS) is 11.2. The van der Waals surface area contributed by atoms with Crippen molar-refractivity contribution in [2.75, 3.05) is 77.4 Å². The molecule has 0 saturated carbocycles. The van der Waals surface area contributed by atoms with Crippen LogP contribution in [0.4, 0.5) is 97.5 Å². The Kier molecular flexibility index (Phi) is 32.2. The number of carbonyl (C=O) groups excluding carboxylic acids is 5. The molecule has 0 saturated heterocycles. The highest BCUT2D eigenvalue weighted by Gasteiger charge is 2.25. The van der Waals surface area contributed by atoms with E-state index in [4.69, 9.17) is 55.9 Å². The lowest BCUT2D eigenvalue weighted by atomic mass is 9.84. The molecule has 40 heteroatoms. The zero-order valence-corrected chi connectivity index (χ0v) is 81.7. The van der Waals surface area contributed by atoms with Gasteiger partial charge in [0.2, 0.25) is 29.7 Å². The van der Waals surface area contributed by atoms with Crippen LogP contribution < -0.4 is 68.5 Å². The van der Waals surface area contributed by atoms with E-state index in [1.165, 1.54) is 48.3 Å². The second-order valence-electron chi connectivity index (χ2n) is 32.4. The smallest absolute Gasteiger partial charge is 0.343 e. The van der Waals surface area contributed by atoms with Gasteiger partial charge in [0, 0.05) is 103 Å². The Labute approximate surface area is 834 Å². The first-order valence-electron chi connectivity index (χ1n) is 44.7. The quantitative estimate of drug-likeness (QED) is 0.0203. The SMILES string of the molecule is CC(=O)NCc1ccc(-c2cc(F)c(Nc3ncc(Cl)c(Nc4cc(C)[nH]n4)n3)cc2C)cc1.CCOC(=O)c1cn[nH]c1Nc1nc(Nc2cc(C)c(-c3ccc(C(=O)NC)cc3)cc2OC)ncc1Cl.CNC(=O)c1ccc(-c2ccc(Nc3ncc(Cl)c(Nc4cc(C)[nH]n4)n3)c3c2CCCC3)cc1.CNC(=O)c1ccc(-c2ccc(Nc3ncc(Cl)c(Nc4cc(C)[nH]n4)n3)c3ccccc23)cc1. The van der Waals surface area contributed by atoms with Crippen LogP contribution in [-0.4, -0.2) is 145 Å². The summed E-state index contributed by atoms with van der Waals surface area (Å²) >= 11 is 25.1. The van der Waals surface area contributed by atoms with Crippen molar-refractivity contribution in [2.24, 2.45) is 0 Å². The number of aromatic nitrogens is 16. The van der Waals surface area contributed by atoms with Gasteiger partial charge in [-0.25, -0.2) is 29.1 Å². The number of hydrogen-bond donors (Lipinski definition) is 16. The zero-order chi connectivity index (χ0) is 100. The van der Waals surface area contributed by atoms with Gasteiger partial charge in [0.25, 0.3) is 17.7 Å². The van der Waals surface area contributed by atoms with Gasteiger partial charge in [-0.05, 0) is 218 Å². The lowest BCUT2D eigenvalue weighted by molar-refractivity contribution is -0.119. The van der Waals surface area contributed by atoms with Gasteiger partial charge in [-0.2, -0.15) is 40.3 Å². The Morgan fingerprint density at radius 2 is 0.817 bits per heavy atom. The van der Waals surface area contributed by atoms with E-state index in [-0.39, 0.29) is 70.0 Å². The second kappa shape index (κ2) is 46.0. The number of methoxy groups -OCH3 is 1. The van der Waals surface area contributed by atoms with E-state index >= 15 is 0 Å². The van der Waals surface area contributed by atoms with Gasteiger partial charge >= 0.3 is 5.97 Å². The Morgan fingerprint density at radius 1 is 0.415 bits per heavy atom. The van der Waals surface area contributed by atoms with Crippen LogP contribution in [0, 0.1) is 40.4 Å². The Hall–Kier alpha value is -17.0. The molecule has 0 aliphatic heterocycles. The summed E-state index contributed by atoms with van der Waals surface area (Å²) in [5, 5.41) is 66.8. The van der Waals surface area contributed by atoms with Crippen LogP contribution in [0.25, 0.3) is 55.3 Å². The molecule has 0 bridgehead atoms. The molecular weight excluding hydrogens is 1890 g/mol. The molecular formula is C102H97Cl4FN28O7. The number of H-pyrrole nitrogens is 4. The monoisotopic (exact) mass is 1980 g/mol. The van der Waals surface area contributed by atoms with Gasteiger partial charge in [-0.3, -0.25) is 39.6 Å². The number of nitrogens with one attached hydrogen (secondary N) is 16. The predicted octanol–water partition coefficient (Wildman–Crippen LogP) is 21.6. The number of rotatable bonds is 28. The summed E-state index contributed by atoms with van der Waals surface area (Å²) in [6.07, 6.45) is 11.6. The van der Waals surface area contributed by atoms with Crippen LogP contribution in [0.5, 0.6) is 5.75 Å². The molecule has 18 rings (SSSR count). The largest absolute Gasteiger partial charge is 0.495 e. The fraction of sp³-hybridized carbons (Fsp3) is 0.167. The molecule has 8 heterocycles. The number of halogens is 5. The van der Waals surface area contributed by atoms with Crippen LogP contribution in [0.3, 0.4) is 0 Å². The van der Waals surface area contributed by atoms with Crippen molar-refractivity contribution in [2.45, 2.75) is 80.7 Å². The van der Waals surface area contributed by atoms with E-state index in [1.54, 1.807) is 71.8 Å². The maximum atomic E-state index is 15.0. The lowest BCUT2D eigenvalue weighted by Gasteiger charge is -2.23. The first kappa shape index (κ1) is 99.5. The molecule has 1 aliphatic carbocycles. The first-order chi connectivity index (χ1) is 68.6. The predicted molar refractivity (Wildman–Crippen MR) is 554 cm³/mol. The van der Waals surface area contributed by atoms with Crippen LogP contribution in [0.15, 0.2) is 219 Å². The van der Waals surface area contributed by atoms with E-state index < -0.39 is 11.8 Å². The number of aryl methyl sites for hydroxylation is 5. The summed E-state index contributed by atoms with van der Waals surface area (Å²) in [7, 11) is 6.43. The number of carbonyl (C=O) groups is 5. The number of esters is 1. The van der Waals surface area contributed by atoms with E-state index in [0.717, 1.165) is 121 Å². The molecule has 9 aromatic carbocycles. The van der Waals surface area contributed by atoms with Crippen molar-refractivity contribution in [3.63, 3.8) is 0 Å². The number of fused-ring (bicyclic) bond motifs is 2. The number of benzene rings is 9. The van der Waals surface area contributed by atoms with Gasteiger partial charge in [0.1, 0.15) is 43.0 Å². The number of nitrogens with zero attached hydrogens (tertiary/aromatic N) is 12. The highest BCUT2D eigenvalue weighted by atomic mass is 35.5. The van der Waals surface area contributed by atoms with Crippen LogP contribution in [0.1, 0.15) is 113 Å². The molecule has 0 radical (unpaired) electrons. The number of aromatic amines is 4. The molecule has 142 heavy (non-hydrogen) atoms. The minimum absolute atomic E-state index is 0.0858. The molecule has 1 aliphatic rings. The third-order valence-corrected chi connectivity index (χ3v) is 23.5. The maximum Gasteiger partial charge on any atom is 0.343 e. The summed E-state index contributed by atoms with van der Waals surface area (Å²) in [5.41, 5.74) is 20.8. The Bertz CT molecular complexity index is 7470. The number of amides is 4. The Morgan fingerprint density at radius 3 is 1.27 bits per heavy atom. The van der Waals surface area contributed by atoms with Gasteiger partial charge in [0.15, 0.2) is 40.7 Å². The average Bonchev–Trinajstić information content (AvgIpc) is 0.867. The number of ether oxygens (including phenoxy) is 2.